The summed E-state index contributed by atoms with van der Waals surface area (Å²) in [5, 5.41) is 0. The number of hydrogen-bond acceptors (Lipinski definition) is 3. The standard InChI is InChI=1S/C14H20N2O2/c1-3-4-14(17)16-9-10(2)18-13-7-11(8-15)5-6-12(13)16/h5-7,10H,3-4,8-9,15H2,1-2H3. The summed E-state index contributed by atoms with van der Waals surface area (Å²) in [5.41, 5.74) is 7.51. The number of fused-ring (bicyclic) bond motifs is 1. The van der Waals surface area contributed by atoms with Gasteiger partial charge in [0.15, 0.2) is 0 Å². The predicted octanol–water partition coefficient (Wildman–Crippen LogP) is 2.06. The van der Waals surface area contributed by atoms with Crippen molar-refractivity contribution in [2.24, 2.45) is 5.73 Å². The van der Waals surface area contributed by atoms with Crippen molar-refractivity contribution in [2.45, 2.75) is 39.3 Å². The van der Waals surface area contributed by atoms with Crippen LogP contribution in [0.15, 0.2) is 18.2 Å². The molecule has 1 aliphatic rings. The Balaban J connectivity index is 2.33. The van der Waals surface area contributed by atoms with Gasteiger partial charge < -0.3 is 15.4 Å². The fraction of sp³-hybridized carbons (Fsp3) is 0.500. The lowest BCUT2D eigenvalue weighted by Gasteiger charge is -2.33. The van der Waals surface area contributed by atoms with Crippen LogP contribution in [-0.2, 0) is 11.3 Å². The van der Waals surface area contributed by atoms with Crippen LogP contribution < -0.4 is 15.4 Å². The highest BCUT2D eigenvalue weighted by Gasteiger charge is 2.26. The molecule has 98 valence electrons. The summed E-state index contributed by atoms with van der Waals surface area (Å²) < 4.78 is 5.78. The largest absolute Gasteiger partial charge is 0.487 e. The topological polar surface area (TPSA) is 55.6 Å². The number of carbonyl (C=O) groups excluding carboxylic acids is 1. The van der Waals surface area contributed by atoms with Crippen molar-refractivity contribution in [3.8, 4) is 5.75 Å². The van der Waals surface area contributed by atoms with Crippen LogP contribution in [0.5, 0.6) is 5.75 Å². The van der Waals surface area contributed by atoms with Crippen molar-refractivity contribution in [1.29, 1.82) is 0 Å². The highest BCUT2D eigenvalue weighted by atomic mass is 16.5. The molecule has 1 unspecified atom stereocenters. The Morgan fingerprint density at radius 1 is 1.56 bits per heavy atom. The molecule has 2 N–H and O–H groups in total. The highest BCUT2D eigenvalue weighted by Crippen LogP contribution is 2.34. The van der Waals surface area contributed by atoms with Gasteiger partial charge in [-0.25, -0.2) is 0 Å². The summed E-state index contributed by atoms with van der Waals surface area (Å²) >= 11 is 0. The molecule has 0 radical (unpaired) electrons. The molecule has 1 atom stereocenters. The lowest BCUT2D eigenvalue weighted by atomic mass is 10.1. The van der Waals surface area contributed by atoms with Crippen molar-refractivity contribution in [2.75, 3.05) is 11.4 Å². The Hall–Kier alpha value is -1.55. The Kier molecular flexibility index (Phi) is 3.87. The van der Waals surface area contributed by atoms with E-state index in [-0.39, 0.29) is 12.0 Å². The smallest absolute Gasteiger partial charge is 0.227 e. The van der Waals surface area contributed by atoms with E-state index in [1.54, 1.807) is 0 Å². The van der Waals surface area contributed by atoms with Crippen molar-refractivity contribution < 1.29 is 9.53 Å². The SMILES string of the molecule is CCCC(=O)N1CC(C)Oc2cc(CN)ccc21. The van der Waals surface area contributed by atoms with E-state index in [0.29, 0.717) is 19.5 Å². The Labute approximate surface area is 108 Å². The number of anilines is 1. The van der Waals surface area contributed by atoms with Crippen LogP contribution in [-0.4, -0.2) is 18.6 Å². The normalized spacial score (nSPS) is 18.2. The molecule has 1 heterocycles. The summed E-state index contributed by atoms with van der Waals surface area (Å²) in [6.45, 7) is 5.09. The van der Waals surface area contributed by atoms with Crippen molar-refractivity contribution in [1.82, 2.24) is 0 Å². The third-order valence-electron chi connectivity index (χ3n) is 3.08. The molecule has 1 amide bonds. The van der Waals surface area contributed by atoms with Gasteiger partial charge in [0.1, 0.15) is 11.9 Å². The van der Waals surface area contributed by atoms with E-state index in [1.807, 2.05) is 36.9 Å². The van der Waals surface area contributed by atoms with Gasteiger partial charge >= 0.3 is 0 Å². The number of hydrogen-bond donors (Lipinski definition) is 1. The zero-order valence-electron chi connectivity index (χ0n) is 11.0. The van der Waals surface area contributed by atoms with E-state index in [4.69, 9.17) is 10.5 Å². The molecule has 1 aromatic rings. The second-order valence-corrected chi connectivity index (χ2v) is 4.69. The minimum Gasteiger partial charge on any atom is -0.487 e. The van der Waals surface area contributed by atoms with Gasteiger partial charge in [0.05, 0.1) is 12.2 Å². The van der Waals surface area contributed by atoms with Gasteiger partial charge in [0.25, 0.3) is 0 Å². The molecular weight excluding hydrogens is 228 g/mol. The molecule has 0 spiro atoms. The zero-order valence-corrected chi connectivity index (χ0v) is 11.0. The second-order valence-electron chi connectivity index (χ2n) is 4.69. The fourth-order valence-electron chi connectivity index (χ4n) is 2.20. The third kappa shape index (κ3) is 2.48. The van der Waals surface area contributed by atoms with Gasteiger partial charge in [-0.1, -0.05) is 13.0 Å². The first kappa shape index (κ1) is 12.9. The van der Waals surface area contributed by atoms with E-state index in [2.05, 4.69) is 0 Å². The average molecular weight is 248 g/mol. The predicted molar refractivity (Wildman–Crippen MR) is 71.7 cm³/mol. The number of rotatable bonds is 3. The second kappa shape index (κ2) is 5.40. The maximum Gasteiger partial charge on any atom is 0.227 e. The summed E-state index contributed by atoms with van der Waals surface area (Å²) in [5.74, 6) is 0.926. The highest BCUT2D eigenvalue weighted by molar-refractivity contribution is 5.95. The first-order chi connectivity index (χ1) is 8.65. The minimum atomic E-state index is 0.0198. The first-order valence-corrected chi connectivity index (χ1v) is 6.45. The molecule has 4 heteroatoms. The Morgan fingerprint density at radius 2 is 2.33 bits per heavy atom. The molecule has 0 saturated carbocycles. The van der Waals surface area contributed by atoms with Crippen LogP contribution >= 0.6 is 0 Å². The van der Waals surface area contributed by atoms with E-state index < -0.39 is 0 Å². The van der Waals surface area contributed by atoms with Crippen LogP contribution in [0.25, 0.3) is 0 Å². The monoisotopic (exact) mass is 248 g/mol. The van der Waals surface area contributed by atoms with E-state index in [0.717, 1.165) is 23.4 Å². The fourth-order valence-corrected chi connectivity index (χ4v) is 2.20. The summed E-state index contributed by atoms with van der Waals surface area (Å²) in [4.78, 5) is 13.9. The first-order valence-electron chi connectivity index (χ1n) is 6.45. The minimum absolute atomic E-state index is 0.0198. The molecule has 0 aliphatic carbocycles. The molecule has 18 heavy (non-hydrogen) atoms. The third-order valence-corrected chi connectivity index (χ3v) is 3.08. The number of nitrogens with zero attached hydrogens (tertiary/aromatic N) is 1. The lowest BCUT2D eigenvalue weighted by molar-refractivity contribution is -0.119. The van der Waals surface area contributed by atoms with Gasteiger partial charge in [-0.05, 0) is 31.0 Å². The number of ether oxygens (including phenoxy) is 1. The summed E-state index contributed by atoms with van der Waals surface area (Å²) in [6, 6.07) is 5.80. The van der Waals surface area contributed by atoms with Gasteiger partial charge in [-0.15, -0.1) is 0 Å². The van der Waals surface area contributed by atoms with E-state index >= 15 is 0 Å². The van der Waals surface area contributed by atoms with Crippen LogP contribution in [0.1, 0.15) is 32.3 Å². The average Bonchev–Trinajstić information content (AvgIpc) is 2.37. The van der Waals surface area contributed by atoms with Crippen molar-refractivity contribution >= 4 is 11.6 Å². The molecule has 0 bridgehead atoms. The van der Waals surface area contributed by atoms with E-state index in [9.17, 15) is 4.79 Å². The molecule has 2 rings (SSSR count). The molecule has 0 saturated heterocycles. The van der Waals surface area contributed by atoms with Crippen LogP contribution in [0.2, 0.25) is 0 Å². The van der Waals surface area contributed by atoms with Crippen molar-refractivity contribution in [3.63, 3.8) is 0 Å². The number of benzene rings is 1. The summed E-state index contributed by atoms with van der Waals surface area (Å²) in [6.07, 6.45) is 1.46. The Morgan fingerprint density at radius 3 is 3.00 bits per heavy atom. The molecule has 0 fully saturated rings. The maximum atomic E-state index is 12.1. The molecular formula is C14H20N2O2. The zero-order chi connectivity index (χ0) is 13.1. The van der Waals surface area contributed by atoms with Crippen LogP contribution in [0.3, 0.4) is 0 Å². The van der Waals surface area contributed by atoms with Gasteiger partial charge in [0.2, 0.25) is 5.91 Å². The molecule has 0 aromatic heterocycles. The van der Waals surface area contributed by atoms with Crippen molar-refractivity contribution in [3.05, 3.63) is 23.8 Å². The lowest BCUT2D eigenvalue weighted by Crippen LogP contribution is -2.42. The summed E-state index contributed by atoms with van der Waals surface area (Å²) in [7, 11) is 0. The number of nitrogens with two attached hydrogens (primary N) is 1. The van der Waals surface area contributed by atoms with Crippen LogP contribution in [0, 0.1) is 0 Å². The quantitative estimate of drug-likeness (QED) is 0.890. The number of carbonyl (C=O) groups is 1. The molecule has 1 aliphatic heterocycles. The number of amides is 1. The molecule has 1 aromatic carbocycles. The van der Waals surface area contributed by atoms with Crippen LogP contribution in [0.4, 0.5) is 5.69 Å². The van der Waals surface area contributed by atoms with Gasteiger partial charge in [-0.3, -0.25) is 4.79 Å². The van der Waals surface area contributed by atoms with E-state index in [1.165, 1.54) is 0 Å². The Bertz CT molecular complexity index is 445. The molecule has 4 nitrogen and oxygen atoms in total. The van der Waals surface area contributed by atoms with Gasteiger partial charge in [-0.2, -0.15) is 0 Å². The maximum absolute atomic E-state index is 12.1. The van der Waals surface area contributed by atoms with Gasteiger partial charge in [0, 0.05) is 13.0 Å².